The number of guanidine groups is 1. The maximum atomic E-state index is 11.4. The molecule has 0 saturated heterocycles. The summed E-state index contributed by atoms with van der Waals surface area (Å²) in [6.07, 6.45) is 2.93. The van der Waals surface area contributed by atoms with E-state index >= 15 is 0 Å². The van der Waals surface area contributed by atoms with Crippen LogP contribution in [0.5, 0.6) is 5.75 Å². The predicted octanol–water partition coefficient (Wildman–Crippen LogP) is 2.08. The highest BCUT2D eigenvalue weighted by atomic mass is 16.5. The zero-order valence-corrected chi connectivity index (χ0v) is 12.0. The zero-order valence-electron chi connectivity index (χ0n) is 12.0. The minimum atomic E-state index is -0.504. The number of carbonyl (C=O) groups excluding carboxylic acids is 1. The molecule has 2 aromatic carbocycles. The first-order valence-corrected chi connectivity index (χ1v) is 6.72. The van der Waals surface area contributed by atoms with Gasteiger partial charge in [0.05, 0.1) is 0 Å². The summed E-state index contributed by atoms with van der Waals surface area (Å²) in [4.78, 5) is 14.8. The maximum Gasteiger partial charge on any atom is 0.272 e. The number of ether oxygens (including phenoxy) is 1. The average molecular weight is 295 g/mol. The molecule has 4 N–H and O–H groups in total. The van der Waals surface area contributed by atoms with Crippen LogP contribution in [0.25, 0.3) is 6.08 Å². The zero-order chi connectivity index (χ0) is 15.8. The Morgan fingerprint density at radius 2 is 1.86 bits per heavy atom. The van der Waals surface area contributed by atoms with Gasteiger partial charge in [-0.25, -0.2) is 0 Å². The number of hydrogen-bond acceptors (Lipinski definition) is 2. The third kappa shape index (κ3) is 5.13. The predicted molar refractivity (Wildman–Crippen MR) is 87.1 cm³/mol. The van der Waals surface area contributed by atoms with Crippen molar-refractivity contribution in [2.45, 2.75) is 6.61 Å². The molecule has 0 aliphatic carbocycles. The monoisotopic (exact) mass is 295 g/mol. The normalized spacial score (nSPS) is 10.4. The number of carbonyl (C=O) groups is 1. The van der Waals surface area contributed by atoms with Crippen LogP contribution in [0, 0.1) is 0 Å². The molecule has 0 aliphatic rings. The van der Waals surface area contributed by atoms with E-state index in [4.69, 9.17) is 16.2 Å². The Hall–Kier alpha value is -3.08. The molecule has 0 radical (unpaired) electrons. The molecule has 0 heterocycles. The van der Waals surface area contributed by atoms with E-state index < -0.39 is 5.91 Å². The van der Waals surface area contributed by atoms with Gasteiger partial charge in [0, 0.05) is 6.08 Å². The highest BCUT2D eigenvalue weighted by molar-refractivity contribution is 5.99. The van der Waals surface area contributed by atoms with Gasteiger partial charge in [0.25, 0.3) is 5.91 Å². The van der Waals surface area contributed by atoms with Crippen LogP contribution in [0.2, 0.25) is 0 Å². The lowest BCUT2D eigenvalue weighted by Crippen LogP contribution is -2.23. The van der Waals surface area contributed by atoms with Gasteiger partial charge in [-0.2, -0.15) is 4.99 Å². The standard InChI is InChI=1S/C17H17N3O2/c18-17(19)20-16(21)10-9-13-7-4-8-15(11-13)22-12-14-5-2-1-3-6-14/h1-11H,12H2,(H4,18,19,20,21)/b10-9+. The number of rotatable bonds is 5. The topological polar surface area (TPSA) is 90.7 Å². The first kappa shape index (κ1) is 15.3. The van der Waals surface area contributed by atoms with Crippen molar-refractivity contribution < 1.29 is 9.53 Å². The molecule has 0 aliphatic heterocycles. The molecule has 0 saturated carbocycles. The molecule has 0 spiro atoms. The van der Waals surface area contributed by atoms with Crippen molar-refractivity contribution in [3.05, 3.63) is 71.8 Å². The summed E-state index contributed by atoms with van der Waals surface area (Å²) in [5.41, 5.74) is 12.2. The van der Waals surface area contributed by atoms with Gasteiger partial charge in [0.1, 0.15) is 12.4 Å². The van der Waals surface area contributed by atoms with Gasteiger partial charge < -0.3 is 16.2 Å². The molecular weight excluding hydrogens is 278 g/mol. The van der Waals surface area contributed by atoms with E-state index in [-0.39, 0.29) is 5.96 Å². The Morgan fingerprint density at radius 3 is 2.59 bits per heavy atom. The summed E-state index contributed by atoms with van der Waals surface area (Å²) in [5.74, 6) is -0.0366. The van der Waals surface area contributed by atoms with Gasteiger partial charge in [-0.15, -0.1) is 0 Å². The van der Waals surface area contributed by atoms with Crippen molar-refractivity contribution in [2.24, 2.45) is 16.5 Å². The third-order valence-corrected chi connectivity index (χ3v) is 2.76. The summed E-state index contributed by atoms with van der Waals surface area (Å²) in [5, 5.41) is 0. The second kappa shape index (κ2) is 7.64. The second-order valence-corrected chi connectivity index (χ2v) is 4.56. The van der Waals surface area contributed by atoms with Gasteiger partial charge in [-0.3, -0.25) is 4.79 Å². The van der Waals surface area contributed by atoms with Crippen molar-refractivity contribution in [3.63, 3.8) is 0 Å². The highest BCUT2D eigenvalue weighted by Gasteiger charge is 1.98. The van der Waals surface area contributed by atoms with E-state index in [1.165, 1.54) is 6.08 Å². The molecule has 0 aromatic heterocycles. The first-order chi connectivity index (χ1) is 10.6. The fraction of sp³-hybridized carbons (Fsp3) is 0.0588. The Morgan fingerprint density at radius 1 is 1.09 bits per heavy atom. The number of hydrogen-bond donors (Lipinski definition) is 2. The van der Waals surface area contributed by atoms with Crippen LogP contribution in [0.3, 0.4) is 0 Å². The van der Waals surface area contributed by atoms with E-state index in [9.17, 15) is 4.79 Å². The molecule has 0 bridgehead atoms. The number of aliphatic imine (C=N–C) groups is 1. The van der Waals surface area contributed by atoms with Crippen LogP contribution in [-0.4, -0.2) is 11.9 Å². The largest absolute Gasteiger partial charge is 0.489 e. The van der Waals surface area contributed by atoms with Gasteiger partial charge >= 0.3 is 0 Å². The minimum absolute atomic E-state index is 0.255. The summed E-state index contributed by atoms with van der Waals surface area (Å²) >= 11 is 0. The molecule has 5 heteroatoms. The van der Waals surface area contributed by atoms with E-state index in [0.29, 0.717) is 6.61 Å². The summed E-state index contributed by atoms with van der Waals surface area (Å²) in [6, 6.07) is 17.3. The molecule has 5 nitrogen and oxygen atoms in total. The van der Waals surface area contributed by atoms with Crippen LogP contribution >= 0.6 is 0 Å². The van der Waals surface area contributed by atoms with Crippen LogP contribution in [0.4, 0.5) is 0 Å². The molecule has 0 unspecified atom stereocenters. The Kier molecular flexibility index (Phi) is 5.31. The number of nitrogens with zero attached hydrogens (tertiary/aromatic N) is 1. The van der Waals surface area contributed by atoms with E-state index in [1.54, 1.807) is 6.08 Å². The van der Waals surface area contributed by atoms with Crippen molar-refractivity contribution in [2.75, 3.05) is 0 Å². The molecule has 2 aromatic rings. The molecule has 1 amide bonds. The van der Waals surface area contributed by atoms with Crippen molar-refractivity contribution >= 4 is 17.9 Å². The fourth-order valence-corrected chi connectivity index (χ4v) is 1.78. The SMILES string of the molecule is NC(N)=NC(=O)/C=C/c1cccc(OCc2ccccc2)c1. The molecule has 2 rings (SSSR count). The molecular formula is C17H17N3O2. The highest BCUT2D eigenvalue weighted by Crippen LogP contribution is 2.16. The average Bonchev–Trinajstić information content (AvgIpc) is 2.52. The molecule has 22 heavy (non-hydrogen) atoms. The Bertz CT molecular complexity index is 690. The second-order valence-electron chi connectivity index (χ2n) is 4.56. The van der Waals surface area contributed by atoms with Gasteiger partial charge in [0.15, 0.2) is 5.96 Å². The fourth-order valence-electron chi connectivity index (χ4n) is 1.78. The van der Waals surface area contributed by atoms with Crippen LogP contribution in [0.1, 0.15) is 11.1 Å². The lowest BCUT2D eigenvalue weighted by Gasteiger charge is -2.06. The number of amides is 1. The van der Waals surface area contributed by atoms with E-state index in [2.05, 4.69) is 4.99 Å². The molecule has 0 atom stereocenters. The summed E-state index contributed by atoms with van der Waals surface area (Å²) < 4.78 is 5.72. The van der Waals surface area contributed by atoms with Crippen molar-refractivity contribution in [1.29, 1.82) is 0 Å². The maximum absolute atomic E-state index is 11.4. The third-order valence-electron chi connectivity index (χ3n) is 2.76. The molecule has 0 fully saturated rings. The van der Waals surface area contributed by atoms with Crippen LogP contribution in [0.15, 0.2) is 65.7 Å². The number of benzene rings is 2. The lowest BCUT2D eigenvalue weighted by atomic mass is 10.2. The Labute approximate surface area is 128 Å². The van der Waals surface area contributed by atoms with Gasteiger partial charge in [0.2, 0.25) is 0 Å². The van der Waals surface area contributed by atoms with Crippen molar-refractivity contribution in [1.82, 2.24) is 0 Å². The Balaban J connectivity index is 1.99. The molecule has 112 valence electrons. The van der Waals surface area contributed by atoms with Crippen LogP contribution < -0.4 is 16.2 Å². The quantitative estimate of drug-likeness (QED) is 0.502. The first-order valence-electron chi connectivity index (χ1n) is 6.72. The van der Waals surface area contributed by atoms with Gasteiger partial charge in [-0.05, 0) is 29.3 Å². The lowest BCUT2D eigenvalue weighted by molar-refractivity contribution is -0.113. The summed E-state index contributed by atoms with van der Waals surface area (Å²) in [6.45, 7) is 0.487. The minimum Gasteiger partial charge on any atom is -0.489 e. The van der Waals surface area contributed by atoms with Crippen LogP contribution in [-0.2, 0) is 11.4 Å². The van der Waals surface area contributed by atoms with E-state index in [0.717, 1.165) is 16.9 Å². The summed E-state index contributed by atoms with van der Waals surface area (Å²) in [7, 11) is 0. The van der Waals surface area contributed by atoms with Gasteiger partial charge in [-0.1, -0.05) is 42.5 Å². The van der Waals surface area contributed by atoms with E-state index in [1.807, 2.05) is 54.6 Å². The smallest absolute Gasteiger partial charge is 0.272 e. The van der Waals surface area contributed by atoms with Crippen molar-refractivity contribution in [3.8, 4) is 5.75 Å². The number of nitrogens with two attached hydrogens (primary N) is 2.